The van der Waals surface area contributed by atoms with Crippen LogP contribution in [0.25, 0.3) is 0 Å². The predicted octanol–water partition coefficient (Wildman–Crippen LogP) is 24.9. The third kappa shape index (κ3) is 68.0. The Morgan fingerprint density at radius 3 is 0.744 bits per heavy atom. The summed E-state index contributed by atoms with van der Waals surface area (Å²) in [6.45, 7) is 5.00. The molecule has 2 atom stereocenters. The summed E-state index contributed by atoms with van der Waals surface area (Å²) in [6.07, 6.45) is 89.2. The lowest BCUT2D eigenvalue weighted by molar-refractivity contribution is -0.143. The topological polar surface area (TPSA) is 95.9 Å². The molecule has 82 heavy (non-hydrogen) atoms. The first kappa shape index (κ1) is 80.9. The van der Waals surface area contributed by atoms with Crippen LogP contribution in [0.2, 0.25) is 0 Å². The molecule has 0 aliphatic rings. The van der Waals surface area contributed by atoms with Gasteiger partial charge in [0.1, 0.15) is 0 Å². The third-order valence-electron chi connectivity index (χ3n) is 18.4. The zero-order chi connectivity index (χ0) is 59.2. The van der Waals surface area contributed by atoms with Crippen molar-refractivity contribution in [1.29, 1.82) is 0 Å². The first-order valence-electron chi connectivity index (χ1n) is 38.3. The van der Waals surface area contributed by atoms with E-state index in [9.17, 15) is 19.8 Å². The van der Waals surface area contributed by atoms with E-state index in [1.807, 2.05) is 0 Å². The number of esters is 1. The molecular formula is C76H151NO5. The van der Waals surface area contributed by atoms with Gasteiger partial charge in [-0.1, -0.05) is 412 Å². The van der Waals surface area contributed by atoms with E-state index in [0.717, 1.165) is 38.5 Å². The fourth-order valence-corrected chi connectivity index (χ4v) is 12.6. The Hall–Kier alpha value is -1.14. The normalized spacial score (nSPS) is 12.4. The van der Waals surface area contributed by atoms with Gasteiger partial charge in [-0.3, -0.25) is 9.59 Å². The molecule has 2 unspecified atom stereocenters. The van der Waals surface area contributed by atoms with Crippen molar-refractivity contribution in [2.45, 2.75) is 463 Å². The zero-order valence-corrected chi connectivity index (χ0v) is 56.3. The minimum Gasteiger partial charge on any atom is -0.466 e. The smallest absolute Gasteiger partial charge is 0.305 e. The number of aliphatic hydroxyl groups excluding tert-OH is 2. The van der Waals surface area contributed by atoms with Crippen molar-refractivity contribution in [2.24, 2.45) is 0 Å². The maximum absolute atomic E-state index is 12.5. The predicted molar refractivity (Wildman–Crippen MR) is 361 cm³/mol. The quantitative estimate of drug-likeness (QED) is 0.0417. The van der Waals surface area contributed by atoms with Gasteiger partial charge < -0.3 is 20.3 Å². The lowest BCUT2D eigenvalue weighted by Crippen LogP contribution is -2.45. The standard InChI is InChI=1S/C76H151NO5/c1-3-5-7-9-11-13-15-16-17-39-43-46-50-54-58-62-66-70-76(81)82-71-67-63-59-55-51-47-44-41-38-36-34-32-30-28-26-24-22-20-18-19-21-23-25-27-29-31-33-35-37-40-42-45-49-53-57-61-65-69-75(80)77-73(72-78)74(79)68-64-60-56-52-48-14-12-10-8-6-4-2/h73-74,78-79H,3-72H2,1-2H3,(H,77,80). The Morgan fingerprint density at radius 1 is 0.293 bits per heavy atom. The third-order valence-corrected chi connectivity index (χ3v) is 18.4. The molecule has 0 aromatic rings. The minimum absolute atomic E-state index is 0.0273. The lowest BCUT2D eigenvalue weighted by Gasteiger charge is -2.22. The maximum atomic E-state index is 12.5. The molecule has 0 saturated heterocycles. The molecule has 0 radical (unpaired) electrons. The van der Waals surface area contributed by atoms with E-state index in [2.05, 4.69) is 19.2 Å². The lowest BCUT2D eigenvalue weighted by atomic mass is 10.0. The van der Waals surface area contributed by atoms with Gasteiger partial charge in [-0.2, -0.15) is 0 Å². The Morgan fingerprint density at radius 2 is 0.500 bits per heavy atom. The summed E-state index contributed by atoms with van der Waals surface area (Å²) in [7, 11) is 0. The molecule has 0 aliphatic carbocycles. The number of unbranched alkanes of at least 4 members (excludes halogenated alkanes) is 62. The van der Waals surface area contributed by atoms with Gasteiger partial charge in [0.15, 0.2) is 0 Å². The number of carbonyl (C=O) groups excluding carboxylic acids is 2. The first-order chi connectivity index (χ1) is 40.5. The van der Waals surface area contributed by atoms with Gasteiger partial charge in [-0.05, 0) is 25.7 Å². The number of ether oxygens (including phenoxy) is 1. The second-order valence-corrected chi connectivity index (χ2v) is 26.7. The van der Waals surface area contributed by atoms with Crippen LogP contribution < -0.4 is 5.32 Å². The van der Waals surface area contributed by atoms with Crippen LogP contribution in [0.1, 0.15) is 450 Å². The van der Waals surface area contributed by atoms with Crippen LogP contribution >= 0.6 is 0 Å². The molecule has 0 fully saturated rings. The highest BCUT2D eigenvalue weighted by molar-refractivity contribution is 5.76. The Labute approximate surface area is 515 Å². The zero-order valence-electron chi connectivity index (χ0n) is 56.3. The molecule has 0 aliphatic heterocycles. The molecule has 0 spiro atoms. The van der Waals surface area contributed by atoms with E-state index in [1.54, 1.807) is 0 Å². The number of amides is 1. The van der Waals surface area contributed by atoms with Crippen LogP contribution in [0.3, 0.4) is 0 Å². The highest BCUT2D eigenvalue weighted by Crippen LogP contribution is 2.20. The van der Waals surface area contributed by atoms with Crippen molar-refractivity contribution in [1.82, 2.24) is 5.32 Å². The van der Waals surface area contributed by atoms with E-state index in [1.165, 1.54) is 379 Å². The highest BCUT2D eigenvalue weighted by Gasteiger charge is 2.20. The summed E-state index contributed by atoms with van der Waals surface area (Å²) in [6, 6.07) is -0.534. The average molecular weight is 1160 g/mol. The van der Waals surface area contributed by atoms with E-state index < -0.39 is 12.1 Å². The largest absolute Gasteiger partial charge is 0.466 e. The number of aliphatic hydroxyl groups is 2. The van der Waals surface area contributed by atoms with Gasteiger partial charge in [0.25, 0.3) is 0 Å². The van der Waals surface area contributed by atoms with E-state index >= 15 is 0 Å². The van der Waals surface area contributed by atoms with Crippen molar-refractivity contribution < 1.29 is 24.5 Å². The number of nitrogens with one attached hydrogen (secondary N) is 1. The molecule has 0 saturated carbocycles. The molecular weight excluding hydrogens is 1010 g/mol. The summed E-state index contributed by atoms with van der Waals surface area (Å²) >= 11 is 0. The van der Waals surface area contributed by atoms with Crippen LogP contribution in [0.15, 0.2) is 0 Å². The molecule has 0 bridgehead atoms. The number of hydrogen-bond donors (Lipinski definition) is 3. The van der Waals surface area contributed by atoms with E-state index in [-0.39, 0.29) is 18.5 Å². The molecule has 0 aromatic carbocycles. The van der Waals surface area contributed by atoms with Gasteiger partial charge in [0.2, 0.25) is 5.91 Å². The van der Waals surface area contributed by atoms with Gasteiger partial charge in [0.05, 0.1) is 25.4 Å². The fraction of sp³-hybridized carbons (Fsp3) is 0.974. The molecule has 0 aromatic heterocycles. The fourth-order valence-electron chi connectivity index (χ4n) is 12.6. The molecule has 3 N–H and O–H groups in total. The molecule has 6 nitrogen and oxygen atoms in total. The van der Waals surface area contributed by atoms with Crippen molar-refractivity contribution >= 4 is 11.9 Å². The molecule has 1 amide bonds. The van der Waals surface area contributed by atoms with Crippen LogP contribution in [-0.2, 0) is 14.3 Å². The van der Waals surface area contributed by atoms with Crippen molar-refractivity contribution in [3.63, 3.8) is 0 Å². The minimum atomic E-state index is -0.657. The maximum Gasteiger partial charge on any atom is 0.305 e. The monoisotopic (exact) mass is 1160 g/mol. The number of hydrogen-bond acceptors (Lipinski definition) is 5. The summed E-state index contributed by atoms with van der Waals surface area (Å²) in [4.78, 5) is 24.6. The van der Waals surface area contributed by atoms with Gasteiger partial charge >= 0.3 is 5.97 Å². The second kappa shape index (κ2) is 72.3. The summed E-state index contributed by atoms with van der Waals surface area (Å²) in [5.41, 5.74) is 0. The molecule has 490 valence electrons. The van der Waals surface area contributed by atoms with Gasteiger partial charge in [-0.25, -0.2) is 0 Å². The summed E-state index contributed by atoms with van der Waals surface area (Å²) in [5, 5.41) is 23.2. The Kier molecular flexibility index (Phi) is 71.3. The van der Waals surface area contributed by atoms with E-state index in [4.69, 9.17) is 4.74 Å². The molecule has 0 heterocycles. The van der Waals surface area contributed by atoms with Crippen LogP contribution in [-0.4, -0.2) is 47.4 Å². The van der Waals surface area contributed by atoms with Gasteiger partial charge in [-0.15, -0.1) is 0 Å². The SMILES string of the molecule is CCCCCCCCCCCCCCCCCCCC(=O)OCCCCCCCCCCCCCCCCCCCCCCCCCCCCCCCCCCCCCCCC(=O)NC(CO)C(O)CCCCCCCCCCCCC. The molecule has 0 rings (SSSR count). The Balaban J connectivity index is 3.25. The second-order valence-electron chi connectivity index (χ2n) is 26.7. The molecule has 6 heteroatoms. The van der Waals surface area contributed by atoms with Gasteiger partial charge in [0, 0.05) is 12.8 Å². The number of rotatable bonds is 73. The van der Waals surface area contributed by atoms with Crippen LogP contribution in [0.5, 0.6) is 0 Å². The number of carbonyl (C=O) groups is 2. The summed E-state index contributed by atoms with van der Waals surface area (Å²) in [5.74, 6) is 0.00130. The average Bonchev–Trinajstić information content (AvgIpc) is 3.48. The van der Waals surface area contributed by atoms with E-state index in [0.29, 0.717) is 25.9 Å². The first-order valence-corrected chi connectivity index (χ1v) is 38.3. The van der Waals surface area contributed by atoms with Crippen LogP contribution in [0.4, 0.5) is 0 Å². The van der Waals surface area contributed by atoms with Crippen molar-refractivity contribution in [2.75, 3.05) is 13.2 Å². The van der Waals surface area contributed by atoms with Crippen molar-refractivity contribution in [3.8, 4) is 0 Å². The Bertz CT molecular complexity index is 1200. The van der Waals surface area contributed by atoms with Crippen molar-refractivity contribution in [3.05, 3.63) is 0 Å². The van der Waals surface area contributed by atoms with Crippen LogP contribution in [0, 0.1) is 0 Å². The summed E-state index contributed by atoms with van der Waals surface area (Å²) < 4.78 is 5.52. The highest BCUT2D eigenvalue weighted by atomic mass is 16.5.